The molecule has 1 saturated carbocycles. The molecule has 7 nitrogen and oxygen atoms in total. The van der Waals surface area contributed by atoms with Crippen LogP contribution in [0.25, 0.3) is 5.69 Å². The van der Waals surface area contributed by atoms with Crippen LogP contribution in [0.3, 0.4) is 0 Å². The molecule has 0 spiro atoms. The van der Waals surface area contributed by atoms with Crippen LogP contribution in [0.1, 0.15) is 94.1 Å². The molecule has 1 atom stereocenters. The predicted molar refractivity (Wildman–Crippen MR) is 135 cm³/mol. The third-order valence-electron chi connectivity index (χ3n) is 7.21. The summed E-state index contributed by atoms with van der Waals surface area (Å²) >= 11 is 0. The largest absolute Gasteiger partial charge is 0.481 e. The Morgan fingerprint density at radius 2 is 1.97 bits per heavy atom. The van der Waals surface area contributed by atoms with Gasteiger partial charge < -0.3 is 19.7 Å². The molecule has 2 N–H and O–H groups in total. The van der Waals surface area contributed by atoms with Gasteiger partial charge in [0.15, 0.2) is 0 Å². The molecule has 4 rings (SSSR count). The maximum Gasteiger partial charge on any atom is 0.407 e. The summed E-state index contributed by atoms with van der Waals surface area (Å²) < 4.78 is 7.39. The third-order valence-corrected chi connectivity index (χ3v) is 7.21. The molecule has 35 heavy (non-hydrogen) atoms. The lowest BCUT2D eigenvalue weighted by Crippen LogP contribution is -2.33. The highest BCUT2D eigenvalue weighted by Gasteiger charge is 2.26. The van der Waals surface area contributed by atoms with Gasteiger partial charge in [0.1, 0.15) is 5.60 Å². The smallest absolute Gasteiger partial charge is 0.407 e. The molecule has 0 bridgehead atoms. The summed E-state index contributed by atoms with van der Waals surface area (Å²) in [6.07, 6.45) is 11.3. The number of carbonyl (C=O) groups is 2. The zero-order valence-electron chi connectivity index (χ0n) is 21.3. The van der Waals surface area contributed by atoms with Crippen LogP contribution in [0.15, 0.2) is 24.5 Å². The highest BCUT2D eigenvalue weighted by atomic mass is 16.6. The summed E-state index contributed by atoms with van der Waals surface area (Å²) in [5, 5.41) is 12.5. The van der Waals surface area contributed by atoms with Gasteiger partial charge in [0.2, 0.25) is 0 Å². The lowest BCUT2D eigenvalue weighted by molar-refractivity contribution is -0.142. The molecule has 1 amide bonds. The van der Waals surface area contributed by atoms with Crippen molar-refractivity contribution in [3.05, 3.63) is 47.0 Å². The molecule has 190 valence electrons. The number of aryl methyl sites for hydroxylation is 1. The Labute approximate surface area is 208 Å². The van der Waals surface area contributed by atoms with E-state index in [4.69, 9.17) is 4.74 Å². The second-order valence-electron chi connectivity index (χ2n) is 11.0. The lowest BCUT2D eigenvalue weighted by Gasteiger charge is -2.25. The van der Waals surface area contributed by atoms with E-state index in [0.29, 0.717) is 31.7 Å². The summed E-state index contributed by atoms with van der Waals surface area (Å²) in [4.78, 5) is 28.4. The molecule has 1 aliphatic carbocycles. The second kappa shape index (κ2) is 10.8. The van der Waals surface area contributed by atoms with Crippen molar-refractivity contribution >= 4 is 12.1 Å². The number of carboxylic acids is 1. The Bertz CT molecular complexity index is 1050. The number of benzene rings is 1. The number of hydrogen-bond acceptors (Lipinski definition) is 4. The molecule has 1 aromatic carbocycles. The van der Waals surface area contributed by atoms with Crippen molar-refractivity contribution < 1.29 is 19.4 Å². The van der Waals surface area contributed by atoms with Crippen molar-refractivity contribution in [1.82, 2.24) is 14.9 Å². The van der Waals surface area contributed by atoms with Crippen molar-refractivity contribution in [3.63, 3.8) is 0 Å². The number of carbonyl (C=O) groups excluding carboxylic acids is 1. The number of aromatic nitrogens is 2. The number of alkyl carbamates (subject to hydrolysis) is 1. The molecular formula is C28H39N3O4. The van der Waals surface area contributed by atoms with Gasteiger partial charge in [-0.25, -0.2) is 9.78 Å². The third kappa shape index (κ3) is 6.44. The van der Waals surface area contributed by atoms with Crippen LogP contribution in [0.4, 0.5) is 4.79 Å². The minimum atomic E-state index is -0.822. The van der Waals surface area contributed by atoms with Crippen molar-refractivity contribution in [2.24, 2.45) is 5.92 Å². The fraction of sp³-hybridized carbons (Fsp3) is 0.607. The first-order valence-corrected chi connectivity index (χ1v) is 13.1. The SMILES string of the molecule is CC(C)(C)OC(=O)NCCCC(Cc1ncn2c1CCc1cc(C3CCCCC3)ccc1-2)C(=O)O. The number of ether oxygens (including phenoxy) is 1. The summed E-state index contributed by atoms with van der Waals surface area (Å²) in [6, 6.07) is 6.90. The Kier molecular flexibility index (Phi) is 7.82. The van der Waals surface area contributed by atoms with E-state index in [1.807, 2.05) is 27.1 Å². The van der Waals surface area contributed by atoms with Crippen LogP contribution < -0.4 is 5.32 Å². The van der Waals surface area contributed by atoms with E-state index in [9.17, 15) is 14.7 Å². The fourth-order valence-corrected chi connectivity index (χ4v) is 5.44. The van der Waals surface area contributed by atoms with Crippen molar-refractivity contribution in [1.29, 1.82) is 0 Å². The van der Waals surface area contributed by atoms with Crippen LogP contribution in [0.2, 0.25) is 0 Å². The van der Waals surface area contributed by atoms with E-state index < -0.39 is 23.6 Å². The molecule has 1 fully saturated rings. The monoisotopic (exact) mass is 481 g/mol. The first kappa shape index (κ1) is 25.3. The Morgan fingerprint density at radius 3 is 2.69 bits per heavy atom. The van der Waals surface area contributed by atoms with E-state index >= 15 is 0 Å². The van der Waals surface area contributed by atoms with Gasteiger partial charge in [-0.2, -0.15) is 0 Å². The molecule has 0 saturated heterocycles. The average Bonchev–Trinajstić information content (AvgIpc) is 3.23. The van der Waals surface area contributed by atoms with Gasteiger partial charge in [0, 0.05) is 24.3 Å². The van der Waals surface area contributed by atoms with E-state index in [2.05, 4.69) is 33.1 Å². The minimum absolute atomic E-state index is 0.386. The number of carboxylic acid groups (broad SMARTS) is 1. The number of hydrogen-bond donors (Lipinski definition) is 2. The topological polar surface area (TPSA) is 93.5 Å². The number of nitrogens with one attached hydrogen (secondary N) is 1. The number of imidazole rings is 1. The lowest BCUT2D eigenvalue weighted by atomic mass is 9.83. The van der Waals surface area contributed by atoms with Gasteiger partial charge in [-0.1, -0.05) is 31.4 Å². The van der Waals surface area contributed by atoms with Crippen LogP contribution in [-0.4, -0.2) is 38.9 Å². The second-order valence-corrected chi connectivity index (χ2v) is 11.0. The maximum absolute atomic E-state index is 11.9. The van der Waals surface area contributed by atoms with Gasteiger partial charge in [-0.15, -0.1) is 0 Å². The summed E-state index contributed by atoms with van der Waals surface area (Å²) in [5.41, 5.74) is 5.47. The normalized spacial score (nSPS) is 16.8. The Hall–Kier alpha value is -2.83. The summed E-state index contributed by atoms with van der Waals surface area (Å²) in [7, 11) is 0. The number of rotatable bonds is 8. The van der Waals surface area contributed by atoms with Gasteiger partial charge >= 0.3 is 12.1 Å². The molecule has 2 aliphatic rings. The standard InChI is InChI=1S/C28H39N3O4/c1-28(2,3)35-27(34)29-15-7-10-22(26(32)33)17-23-25-14-12-21-16-20(19-8-5-4-6-9-19)11-13-24(21)31(25)18-30-23/h11,13,16,18-19,22H,4-10,12,14-15,17H2,1-3H3,(H,29,34)(H,32,33). The number of nitrogens with zero attached hydrogens (tertiary/aromatic N) is 2. The molecule has 1 unspecified atom stereocenters. The molecule has 2 heterocycles. The highest BCUT2D eigenvalue weighted by molar-refractivity contribution is 5.70. The summed E-state index contributed by atoms with van der Waals surface area (Å²) in [5.74, 6) is -0.669. The highest BCUT2D eigenvalue weighted by Crippen LogP contribution is 2.36. The van der Waals surface area contributed by atoms with Crippen molar-refractivity contribution in [3.8, 4) is 5.69 Å². The molecule has 2 aromatic rings. The summed E-state index contributed by atoms with van der Waals surface area (Å²) in [6.45, 7) is 5.82. The molecule has 7 heteroatoms. The predicted octanol–water partition coefficient (Wildman–Crippen LogP) is 5.57. The van der Waals surface area contributed by atoms with E-state index in [-0.39, 0.29) is 0 Å². The van der Waals surface area contributed by atoms with E-state index in [1.54, 1.807) is 0 Å². The van der Waals surface area contributed by atoms with Gasteiger partial charge in [-0.05, 0) is 82.4 Å². The fourth-order valence-electron chi connectivity index (χ4n) is 5.44. The van der Waals surface area contributed by atoms with Gasteiger partial charge in [0.05, 0.1) is 17.9 Å². The molecule has 0 radical (unpaired) electrons. The van der Waals surface area contributed by atoms with Crippen LogP contribution in [0, 0.1) is 5.92 Å². The zero-order chi connectivity index (χ0) is 25.0. The first-order valence-electron chi connectivity index (χ1n) is 13.1. The van der Waals surface area contributed by atoms with Crippen molar-refractivity contribution in [2.45, 2.75) is 96.5 Å². The van der Waals surface area contributed by atoms with Crippen LogP contribution >= 0.6 is 0 Å². The zero-order valence-corrected chi connectivity index (χ0v) is 21.3. The van der Waals surface area contributed by atoms with Crippen molar-refractivity contribution in [2.75, 3.05) is 6.54 Å². The van der Waals surface area contributed by atoms with Crippen LogP contribution in [0.5, 0.6) is 0 Å². The van der Waals surface area contributed by atoms with E-state index in [0.717, 1.165) is 24.2 Å². The number of amides is 1. The molecule has 1 aromatic heterocycles. The number of aliphatic carboxylic acids is 1. The molecule has 1 aliphatic heterocycles. The quantitative estimate of drug-likeness (QED) is 0.481. The van der Waals surface area contributed by atoms with Gasteiger partial charge in [-0.3, -0.25) is 4.79 Å². The minimum Gasteiger partial charge on any atom is -0.481 e. The van der Waals surface area contributed by atoms with Gasteiger partial charge in [0.25, 0.3) is 0 Å². The van der Waals surface area contributed by atoms with E-state index in [1.165, 1.54) is 48.9 Å². The first-order chi connectivity index (χ1) is 16.7. The average molecular weight is 482 g/mol. The van der Waals surface area contributed by atoms with Crippen LogP contribution in [-0.2, 0) is 28.8 Å². The number of fused-ring (bicyclic) bond motifs is 3. The molecular weight excluding hydrogens is 442 g/mol. The Balaban J connectivity index is 1.38. The Morgan fingerprint density at radius 1 is 1.20 bits per heavy atom. The maximum atomic E-state index is 11.9.